The van der Waals surface area contributed by atoms with E-state index in [-0.39, 0.29) is 10.6 Å². The van der Waals surface area contributed by atoms with E-state index in [0.717, 1.165) is 33.0 Å². The number of benzene rings is 3. The molecule has 1 N–H and O–H groups in total. The van der Waals surface area contributed by atoms with Crippen LogP contribution in [-0.4, -0.2) is 31.7 Å². The van der Waals surface area contributed by atoms with Gasteiger partial charge in [-0.3, -0.25) is 9.10 Å². The Balaban J connectivity index is 1.55. The number of para-hydroxylation sites is 2. The molecule has 3 aromatic carbocycles. The number of hydrazone groups is 1. The lowest BCUT2D eigenvalue weighted by atomic mass is 10.2. The summed E-state index contributed by atoms with van der Waals surface area (Å²) in [5, 5.41) is 4.02. The predicted octanol–water partition coefficient (Wildman–Crippen LogP) is 4.58. The Morgan fingerprint density at radius 3 is 2.25 bits per heavy atom. The van der Waals surface area contributed by atoms with Gasteiger partial charge in [0.1, 0.15) is 12.4 Å². The van der Waals surface area contributed by atoms with E-state index in [1.807, 2.05) is 50.2 Å². The van der Waals surface area contributed by atoms with Crippen molar-refractivity contribution in [2.45, 2.75) is 18.7 Å². The lowest BCUT2D eigenvalue weighted by Crippen LogP contribution is -2.40. The highest BCUT2D eigenvalue weighted by Crippen LogP contribution is 2.26. The number of halogens is 1. The van der Waals surface area contributed by atoms with E-state index < -0.39 is 28.3 Å². The third-order valence-electron chi connectivity index (χ3n) is 5.62. The predicted molar refractivity (Wildman–Crippen MR) is 138 cm³/mol. The third-order valence-corrected chi connectivity index (χ3v) is 7.39. The Bertz CT molecular complexity index is 1500. The van der Waals surface area contributed by atoms with E-state index in [9.17, 15) is 17.6 Å². The summed E-state index contributed by atoms with van der Waals surface area (Å²) in [6.45, 7) is 3.25. The smallest absolute Gasteiger partial charge is 0.264 e. The Morgan fingerprint density at radius 2 is 1.58 bits per heavy atom. The maximum absolute atomic E-state index is 14.6. The van der Waals surface area contributed by atoms with Crippen molar-refractivity contribution in [2.75, 3.05) is 10.8 Å². The van der Waals surface area contributed by atoms with E-state index in [1.54, 1.807) is 18.2 Å². The number of anilines is 1. The van der Waals surface area contributed by atoms with Gasteiger partial charge in [-0.25, -0.2) is 18.2 Å². The summed E-state index contributed by atoms with van der Waals surface area (Å²) in [5.41, 5.74) is 5.85. The zero-order valence-electron chi connectivity index (χ0n) is 19.8. The molecule has 184 valence electrons. The molecule has 0 saturated carbocycles. The van der Waals surface area contributed by atoms with Crippen molar-refractivity contribution in [2.24, 2.45) is 5.10 Å². The summed E-state index contributed by atoms with van der Waals surface area (Å²) in [4.78, 5) is 12.7. The van der Waals surface area contributed by atoms with Gasteiger partial charge < -0.3 is 4.57 Å². The van der Waals surface area contributed by atoms with Gasteiger partial charge in [0.15, 0.2) is 0 Å². The number of aromatic nitrogens is 1. The number of hydrogen-bond acceptors (Lipinski definition) is 4. The molecule has 0 aliphatic carbocycles. The van der Waals surface area contributed by atoms with E-state index in [4.69, 9.17) is 0 Å². The molecule has 7 nitrogen and oxygen atoms in total. The van der Waals surface area contributed by atoms with Crippen molar-refractivity contribution in [1.29, 1.82) is 0 Å². The summed E-state index contributed by atoms with van der Waals surface area (Å²) >= 11 is 0. The van der Waals surface area contributed by atoms with Crippen LogP contribution in [0.4, 0.5) is 10.1 Å². The molecule has 0 saturated heterocycles. The van der Waals surface area contributed by atoms with Crippen molar-refractivity contribution >= 4 is 27.8 Å². The monoisotopic (exact) mass is 504 g/mol. The van der Waals surface area contributed by atoms with Crippen molar-refractivity contribution in [1.82, 2.24) is 9.99 Å². The quantitative estimate of drug-likeness (QED) is 0.282. The van der Waals surface area contributed by atoms with Gasteiger partial charge in [0.25, 0.3) is 15.9 Å². The highest BCUT2D eigenvalue weighted by atomic mass is 32.2. The number of sulfonamides is 1. The molecular formula is C27H25FN4O3S. The van der Waals surface area contributed by atoms with Crippen LogP contribution in [0.1, 0.15) is 17.0 Å². The minimum atomic E-state index is -4.21. The highest BCUT2D eigenvalue weighted by Gasteiger charge is 2.29. The Morgan fingerprint density at radius 1 is 0.972 bits per heavy atom. The van der Waals surface area contributed by atoms with Crippen LogP contribution in [0.15, 0.2) is 101 Å². The van der Waals surface area contributed by atoms with Gasteiger partial charge in [-0.2, -0.15) is 5.10 Å². The molecule has 1 amide bonds. The Hall–Kier alpha value is -4.24. The maximum atomic E-state index is 14.6. The summed E-state index contributed by atoms with van der Waals surface area (Å²) in [6.07, 6.45) is 1.50. The van der Waals surface area contributed by atoms with Crippen LogP contribution in [0, 0.1) is 19.7 Å². The molecule has 0 radical (unpaired) electrons. The third kappa shape index (κ3) is 5.21. The lowest BCUT2D eigenvalue weighted by molar-refractivity contribution is -0.119. The second-order valence-electron chi connectivity index (χ2n) is 8.07. The van der Waals surface area contributed by atoms with E-state index in [2.05, 4.69) is 15.1 Å². The van der Waals surface area contributed by atoms with E-state index in [0.29, 0.717) is 0 Å². The molecule has 0 aliphatic rings. The first-order valence-electron chi connectivity index (χ1n) is 11.2. The first kappa shape index (κ1) is 24.9. The van der Waals surface area contributed by atoms with Crippen LogP contribution in [0.25, 0.3) is 5.69 Å². The zero-order chi connectivity index (χ0) is 25.7. The molecule has 0 aliphatic heterocycles. The van der Waals surface area contributed by atoms with Gasteiger partial charge in [-0.05, 0) is 56.3 Å². The minimum absolute atomic E-state index is 0.0575. The molecule has 9 heteroatoms. The SMILES string of the molecule is Cc1cc(/C=N\NC(=O)CN(c2ccccc2F)S(=O)(=O)c2ccccc2)c(C)n1-c1ccccc1. The van der Waals surface area contributed by atoms with Gasteiger partial charge in [-0.15, -0.1) is 0 Å². The fourth-order valence-electron chi connectivity index (χ4n) is 3.91. The number of rotatable bonds is 8. The molecule has 0 fully saturated rings. The number of nitrogens with zero attached hydrogens (tertiary/aromatic N) is 3. The topological polar surface area (TPSA) is 83.8 Å². The zero-order valence-corrected chi connectivity index (χ0v) is 20.6. The number of nitrogens with one attached hydrogen (secondary N) is 1. The second-order valence-corrected chi connectivity index (χ2v) is 9.93. The summed E-state index contributed by atoms with van der Waals surface area (Å²) in [7, 11) is -4.21. The van der Waals surface area contributed by atoms with Crippen molar-refractivity contribution in [3.8, 4) is 5.69 Å². The van der Waals surface area contributed by atoms with Crippen molar-refractivity contribution in [3.63, 3.8) is 0 Å². The van der Waals surface area contributed by atoms with Crippen LogP contribution in [0.2, 0.25) is 0 Å². The minimum Gasteiger partial charge on any atom is -0.318 e. The largest absolute Gasteiger partial charge is 0.318 e. The van der Waals surface area contributed by atoms with Gasteiger partial charge in [0.05, 0.1) is 16.8 Å². The number of aryl methyl sites for hydroxylation is 1. The molecule has 0 bridgehead atoms. The first-order chi connectivity index (χ1) is 17.3. The van der Waals surface area contributed by atoms with Crippen molar-refractivity contribution in [3.05, 3.63) is 114 Å². The molecule has 0 spiro atoms. The number of hydrogen-bond donors (Lipinski definition) is 1. The summed E-state index contributed by atoms with van der Waals surface area (Å²) in [5.74, 6) is -1.48. The summed E-state index contributed by atoms with van der Waals surface area (Å²) in [6, 6.07) is 24.7. The van der Waals surface area contributed by atoms with Gasteiger partial charge in [0, 0.05) is 22.6 Å². The lowest BCUT2D eigenvalue weighted by Gasteiger charge is -2.24. The standard InChI is InChI=1S/C27H25FN4O3S/c1-20-17-22(21(2)32(20)23-11-5-3-6-12-23)18-29-30-27(33)19-31(26-16-10-9-15-25(26)28)36(34,35)24-13-7-4-8-14-24/h3-18H,19H2,1-2H3,(H,30,33)/b29-18-. The summed E-state index contributed by atoms with van der Waals surface area (Å²) < 4.78 is 43.9. The molecule has 4 rings (SSSR count). The first-order valence-corrected chi connectivity index (χ1v) is 12.6. The van der Waals surface area contributed by atoms with Gasteiger partial charge >= 0.3 is 0 Å². The number of amides is 1. The van der Waals surface area contributed by atoms with E-state index in [1.165, 1.54) is 36.5 Å². The average Bonchev–Trinajstić information content (AvgIpc) is 3.16. The van der Waals surface area contributed by atoms with E-state index >= 15 is 0 Å². The van der Waals surface area contributed by atoms with Crippen LogP contribution in [-0.2, 0) is 14.8 Å². The Labute approximate surface area is 209 Å². The number of carbonyl (C=O) groups excluding carboxylic acids is 1. The fourth-order valence-corrected chi connectivity index (χ4v) is 5.36. The van der Waals surface area contributed by atoms with Gasteiger partial charge in [-0.1, -0.05) is 48.5 Å². The Kier molecular flexibility index (Phi) is 7.30. The maximum Gasteiger partial charge on any atom is 0.264 e. The van der Waals surface area contributed by atoms with Crippen LogP contribution < -0.4 is 9.73 Å². The normalized spacial score (nSPS) is 11.5. The molecule has 0 atom stereocenters. The van der Waals surface area contributed by atoms with Gasteiger partial charge in [0.2, 0.25) is 0 Å². The highest BCUT2D eigenvalue weighted by molar-refractivity contribution is 7.92. The van der Waals surface area contributed by atoms with Crippen LogP contribution in [0.3, 0.4) is 0 Å². The van der Waals surface area contributed by atoms with Crippen LogP contribution >= 0.6 is 0 Å². The van der Waals surface area contributed by atoms with Crippen molar-refractivity contribution < 1.29 is 17.6 Å². The second kappa shape index (κ2) is 10.6. The fraction of sp³-hybridized carbons (Fsp3) is 0.111. The average molecular weight is 505 g/mol. The molecule has 0 unspecified atom stereocenters. The molecule has 1 aromatic heterocycles. The van der Waals surface area contributed by atoms with Crippen LogP contribution in [0.5, 0.6) is 0 Å². The number of carbonyl (C=O) groups is 1. The molecule has 1 heterocycles. The molecular weight excluding hydrogens is 479 g/mol. The molecule has 4 aromatic rings. The molecule has 36 heavy (non-hydrogen) atoms.